The predicted molar refractivity (Wildman–Crippen MR) is 124 cm³/mol. The molecule has 3 atom stereocenters. The van der Waals surface area contributed by atoms with E-state index in [-0.39, 0.29) is 43.0 Å². The molecule has 2 aromatic rings. The molecular weight excluding hydrogens is 564 g/mol. The molecule has 1 N–H and O–H groups in total. The minimum Gasteiger partial charge on any atom is -0.489 e. The van der Waals surface area contributed by atoms with Gasteiger partial charge in [0.1, 0.15) is 12.4 Å². The van der Waals surface area contributed by atoms with Gasteiger partial charge in [0.05, 0.1) is 18.2 Å². The highest BCUT2D eigenvalue weighted by molar-refractivity contribution is 5.51. The quantitative estimate of drug-likeness (QED) is 0.276. The van der Waals surface area contributed by atoms with E-state index in [2.05, 4.69) is 4.74 Å². The molecule has 3 rings (SSSR count). The summed E-state index contributed by atoms with van der Waals surface area (Å²) in [6.07, 6.45) is -21.6. The molecule has 0 amide bonds. The Kier molecular flexibility index (Phi) is 10.2. The average Bonchev–Trinajstić information content (AvgIpc) is 2.86. The van der Waals surface area contributed by atoms with Gasteiger partial charge in [0.2, 0.25) is 0 Å². The molecule has 0 bridgehead atoms. The monoisotopic (exact) mass is 591 g/mol. The highest BCUT2D eigenvalue weighted by atomic mass is 19.4. The number of aliphatic hydroxyl groups is 1. The maximum absolute atomic E-state index is 13.4. The molecule has 0 radical (unpaired) electrons. The first-order valence-corrected chi connectivity index (χ1v) is 12.3. The second-order valence-corrected chi connectivity index (χ2v) is 9.58. The molecule has 1 fully saturated rings. The number of alkyl halides is 10. The zero-order valence-electron chi connectivity index (χ0n) is 20.9. The lowest BCUT2D eigenvalue weighted by atomic mass is 9.86. The van der Waals surface area contributed by atoms with Crippen LogP contribution >= 0.6 is 0 Å². The Hall–Kier alpha value is -2.74. The van der Waals surface area contributed by atoms with Crippen molar-refractivity contribution in [3.05, 3.63) is 59.7 Å². The van der Waals surface area contributed by atoms with Crippen molar-refractivity contribution < 1.29 is 58.5 Å². The number of nitrogens with zero attached hydrogens (tertiary/aromatic N) is 1. The lowest BCUT2D eigenvalue weighted by Gasteiger charge is -2.36. The summed E-state index contributed by atoms with van der Waals surface area (Å²) in [7, 11) is 0. The number of halogens is 10. The fourth-order valence-corrected chi connectivity index (χ4v) is 4.47. The Labute approximate surface area is 223 Å². The Morgan fingerprint density at radius 2 is 1.62 bits per heavy atom. The van der Waals surface area contributed by atoms with Crippen LogP contribution in [0.4, 0.5) is 49.6 Å². The number of benzene rings is 2. The van der Waals surface area contributed by atoms with Crippen LogP contribution < -0.4 is 9.64 Å². The second kappa shape index (κ2) is 12.8. The van der Waals surface area contributed by atoms with Crippen LogP contribution in [0.3, 0.4) is 0 Å². The largest absolute Gasteiger partial charge is 0.489 e. The maximum atomic E-state index is 13.4. The molecule has 2 aromatic carbocycles. The number of hydrogen-bond acceptors (Lipinski definition) is 4. The normalized spacial score (nSPS) is 19.5. The standard InChI is InChI=1S/C26H27F10NO3/c27-23(28)26(35,36)40-21-9-2-4-16(11-21)13-37(14-22(38)25(32,33)34)19-7-3-8-20(12-19)39-15-17-5-1-6-18(10-17)24(29,30)31/h1,3,5-8,10,12,16,21-23,38H,2,4,9,11,13-15H2. The minimum absolute atomic E-state index is 0.0723. The van der Waals surface area contributed by atoms with E-state index in [1.165, 1.54) is 41.3 Å². The van der Waals surface area contributed by atoms with Gasteiger partial charge in [-0.15, -0.1) is 0 Å². The average molecular weight is 591 g/mol. The molecule has 0 aromatic heterocycles. The molecule has 0 aliphatic heterocycles. The number of rotatable bonds is 11. The molecule has 4 nitrogen and oxygen atoms in total. The summed E-state index contributed by atoms with van der Waals surface area (Å²) in [6, 6.07) is 10.0. The van der Waals surface area contributed by atoms with Crippen molar-refractivity contribution in [2.24, 2.45) is 5.92 Å². The van der Waals surface area contributed by atoms with Gasteiger partial charge in [0.15, 0.2) is 6.10 Å². The zero-order valence-corrected chi connectivity index (χ0v) is 20.9. The molecule has 14 heteroatoms. The van der Waals surface area contributed by atoms with Crippen molar-refractivity contribution in [1.82, 2.24) is 0 Å². The van der Waals surface area contributed by atoms with Crippen LogP contribution in [-0.2, 0) is 17.5 Å². The van der Waals surface area contributed by atoms with Crippen molar-refractivity contribution in [2.45, 2.75) is 69.4 Å². The first-order chi connectivity index (χ1) is 18.5. The van der Waals surface area contributed by atoms with Gasteiger partial charge < -0.3 is 19.5 Å². The maximum Gasteiger partial charge on any atom is 0.416 e. The molecule has 40 heavy (non-hydrogen) atoms. The number of anilines is 1. The van der Waals surface area contributed by atoms with Crippen molar-refractivity contribution in [1.29, 1.82) is 0 Å². The van der Waals surface area contributed by atoms with Crippen LogP contribution in [0.5, 0.6) is 5.75 Å². The Morgan fingerprint density at radius 3 is 2.27 bits per heavy atom. The van der Waals surface area contributed by atoms with E-state index in [1.807, 2.05) is 0 Å². The summed E-state index contributed by atoms with van der Waals surface area (Å²) in [5.41, 5.74) is -0.528. The van der Waals surface area contributed by atoms with Gasteiger partial charge >= 0.3 is 24.9 Å². The Balaban J connectivity index is 1.75. The topological polar surface area (TPSA) is 41.9 Å². The first-order valence-electron chi connectivity index (χ1n) is 12.3. The van der Waals surface area contributed by atoms with Crippen LogP contribution in [0.2, 0.25) is 0 Å². The van der Waals surface area contributed by atoms with Gasteiger partial charge in [-0.1, -0.05) is 24.6 Å². The first kappa shape index (κ1) is 31.8. The summed E-state index contributed by atoms with van der Waals surface area (Å²) < 4.78 is 140. The summed E-state index contributed by atoms with van der Waals surface area (Å²) in [5.74, 6) is -0.412. The van der Waals surface area contributed by atoms with E-state index < -0.39 is 55.1 Å². The van der Waals surface area contributed by atoms with Crippen molar-refractivity contribution in [2.75, 3.05) is 18.0 Å². The number of hydrogen-bond donors (Lipinski definition) is 1. The number of aliphatic hydroxyl groups excluding tert-OH is 1. The van der Waals surface area contributed by atoms with Gasteiger partial charge in [0.25, 0.3) is 0 Å². The van der Waals surface area contributed by atoms with Crippen LogP contribution in [0, 0.1) is 5.92 Å². The van der Waals surface area contributed by atoms with Gasteiger partial charge in [-0.25, -0.2) is 8.78 Å². The van der Waals surface area contributed by atoms with Gasteiger partial charge in [-0.05, 0) is 55.0 Å². The lowest BCUT2D eigenvalue weighted by Crippen LogP contribution is -2.44. The molecule has 0 spiro atoms. The van der Waals surface area contributed by atoms with Crippen molar-refractivity contribution >= 4 is 5.69 Å². The molecule has 0 heterocycles. The molecule has 224 valence electrons. The summed E-state index contributed by atoms with van der Waals surface area (Å²) in [4.78, 5) is 1.17. The molecule has 1 aliphatic carbocycles. The van der Waals surface area contributed by atoms with Crippen molar-refractivity contribution in [3.63, 3.8) is 0 Å². The molecule has 1 aliphatic rings. The fourth-order valence-electron chi connectivity index (χ4n) is 4.47. The zero-order chi connectivity index (χ0) is 29.7. The third kappa shape index (κ3) is 9.15. The van der Waals surface area contributed by atoms with E-state index >= 15 is 0 Å². The third-order valence-corrected chi connectivity index (χ3v) is 6.40. The van der Waals surface area contributed by atoms with E-state index in [1.54, 1.807) is 0 Å². The van der Waals surface area contributed by atoms with Crippen LogP contribution in [0.1, 0.15) is 36.8 Å². The smallest absolute Gasteiger partial charge is 0.416 e. The third-order valence-electron chi connectivity index (χ3n) is 6.40. The van der Waals surface area contributed by atoms with Crippen LogP contribution in [-0.4, -0.2) is 49.1 Å². The van der Waals surface area contributed by atoms with E-state index in [0.29, 0.717) is 12.8 Å². The highest BCUT2D eigenvalue weighted by Crippen LogP contribution is 2.35. The van der Waals surface area contributed by atoms with Gasteiger partial charge in [0, 0.05) is 18.3 Å². The minimum atomic E-state index is -4.96. The summed E-state index contributed by atoms with van der Waals surface area (Å²) in [5, 5.41) is 9.73. The summed E-state index contributed by atoms with van der Waals surface area (Å²) in [6.45, 7) is -1.35. The SMILES string of the molecule is OC(CN(CC1CCCC(OC(F)(F)C(F)F)C1)c1cccc(OCc2cccc(C(F)(F)F)c2)c1)C(F)(F)F. The predicted octanol–water partition coefficient (Wildman–Crippen LogP) is 7.45. The van der Waals surface area contributed by atoms with Crippen molar-refractivity contribution in [3.8, 4) is 5.75 Å². The summed E-state index contributed by atoms with van der Waals surface area (Å²) >= 11 is 0. The molecule has 0 saturated heterocycles. The second-order valence-electron chi connectivity index (χ2n) is 9.58. The molecule has 1 saturated carbocycles. The van der Waals surface area contributed by atoms with E-state index in [4.69, 9.17) is 4.74 Å². The van der Waals surface area contributed by atoms with E-state index in [0.717, 1.165) is 12.1 Å². The van der Waals surface area contributed by atoms with Gasteiger partial charge in [-0.2, -0.15) is 35.1 Å². The number of ether oxygens (including phenoxy) is 2. The Morgan fingerprint density at radius 1 is 0.925 bits per heavy atom. The molecular formula is C26H27F10NO3. The van der Waals surface area contributed by atoms with Crippen LogP contribution in [0.15, 0.2) is 48.5 Å². The van der Waals surface area contributed by atoms with E-state index in [9.17, 15) is 49.0 Å². The Bertz CT molecular complexity index is 1090. The fraction of sp³-hybridized carbons (Fsp3) is 0.538. The van der Waals surface area contributed by atoms with Gasteiger partial charge in [-0.3, -0.25) is 0 Å². The highest BCUT2D eigenvalue weighted by Gasteiger charge is 2.45. The lowest BCUT2D eigenvalue weighted by molar-refractivity contribution is -0.322. The molecule has 3 unspecified atom stereocenters. The van der Waals surface area contributed by atoms with Crippen LogP contribution in [0.25, 0.3) is 0 Å².